The Balaban J connectivity index is 1.39. The van der Waals surface area contributed by atoms with Crippen molar-refractivity contribution in [1.29, 1.82) is 0 Å². The molecule has 1 fully saturated rings. The molecule has 0 amide bonds. The lowest BCUT2D eigenvalue weighted by atomic mass is 10.2. The third kappa shape index (κ3) is 2.93. The molecule has 8 heteroatoms. The number of esters is 1. The van der Waals surface area contributed by atoms with E-state index in [0.717, 1.165) is 27.6 Å². The zero-order chi connectivity index (χ0) is 17.4. The van der Waals surface area contributed by atoms with Crippen molar-refractivity contribution >= 4 is 32.7 Å². The number of aromatic nitrogens is 3. The fourth-order valence-electron chi connectivity index (χ4n) is 2.74. The van der Waals surface area contributed by atoms with Gasteiger partial charge in [-0.15, -0.1) is 0 Å². The molecule has 0 aliphatic carbocycles. The van der Waals surface area contributed by atoms with Crippen molar-refractivity contribution in [2.75, 3.05) is 25.1 Å². The van der Waals surface area contributed by atoms with Crippen LogP contribution in [0.25, 0.3) is 10.2 Å². The van der Waals surface area contributed by atoms with E-state index in [9.17, 15) is 4.79 Å². The first-order chi connectivity index (χ1) is 12.2. The first-order valence-corrected chi connectivity index (χ1v) is 8.92. The molecule has 7 nitrogen and oxygen atoms in total. The van der Waals surface area contributed by atoms with Crippen molar-refractivity contribution in [3.8, 4) is 5.75 Å². The minimum Gasteiger partial charge on any atom is -0.494 e. The molecule has 1 aliphatic rings. The topological polar surface area (TPSA) is 69.5 Å². The molecule has 25 heavy (non-hydrogen) atoms. The number of fused-ring (bicyclic) bond motifs is 1. The molecule has 4 rings (SSSR count). The van der Waals surface area contributed by atoms with Crippen LogP contribution in [-0.2, 0) is 11.3 Å². The van der Waals surface area contributed by atoms with E-state index in [1.54, 1.807) is 35.4 Å². The Labute approximate surface area is 148 Å². The number of hydrogen-bond donors (Lipinski definition) is 0. The number of aryl methyl sites for hydroxylation is 1. The van der Waals surface area contributed by atoms with Crippen molar-refractivity contribution in [1.82, 2.24) is 14.8 Å². The van der Waals surface area contributed by atoms with Gasteiger partial charge >= 0.3 is 5.97 Å². The summed E-state index contributed by atoms with van der Waals surface area (Å²) >= 11 is 1.61. The number of thiazole rings is 1. The van der Waals surface area contributed by atoms with Gasteiger partial charge in [0.1, 0.15) is 17.4 Å². The molecule has 0 saturated carbocycles. The lowest BCUT2D eigenvalue weighted by Gasteiger charge is -2.37. The summed E-state index contributed by atoms with van der Waals surface area (Å²) in [5.74, 6) is 0.401. The Hall–Kier alpha value is -2.61. The largest absolute Gasteiger partial charge is 0.494 e. The van der Waals surface area contributed by atoms with Gasteiger partial charge in [-0.1, -0.05) is 17.4 Å². The SMILES string of the molecule is CCn1ccc(C(=O)OC2CN(c3nc4c(OC)cccc4s3)C2)n1. The summed E-state index contributed by atoms with van der Waals surface area (Å²) in [5.41, 5.74) is 1.22. The van der Waals surface area contributed by atoms with Crippen LogP contribution in [0.1, 0.15) is 17.4 Å². The summed E-state index contributed by atoms with van der Waals surface area (Å²) in [6.45, 7) is 3.98. The van der Waals surface area contributed by atoms with Gasteiger partial charge in [0.2, 0.25) is 0 Å². The van der Waals surface area contributed by atoms with Crippen molar-refractivity contribution in [2.24, 2.45) is 0 Å². The lowest BCUT2D eigenvalue weighted by molar-refractivity contribution is 0.0226. The monoisotopic (exact) mass is 358 g/mol. The maximum atomic E-state index is 12.1. The van der Waals surface area contributed by atoms with E-state index in [1.165, 1.54) is 0 Å². The van der Waals surface area contributed by atoms with Crippen LogP contribution >= 0.6 is 11.3 Å². The average molecular weight is 358 g/mol. The normalized spacial score (nSPS) is 14.6. The van der Waals surface area contributed by atoms with Gasteiger partial charge in [-0.2, -0.15) is 5.10 Å². The molecule has 1 aromatic carbocycles. The Morgan fingerprint density at radius 2 is 2.20 bits per heavy atom. The second kappa shape index (κ2) is 6.36. The van der Waals surface area contributed by atoms with Gasteiger partial charge in [-0.25, -0.2) is 9.78 Å². The second-order valence-electron chi connectivity index (χ2n) is 5.79. The highest BCUT2D eigenvalue weighted by Crippen LogP contribution is 2.35. The van der Waals surface area contributed by atoms with Gasteiger partial charge < -0.3 is 14.4 Å². The Morgan fingerprint density at radius 3 is 2.92 bits per heavy atom. The molecule has 0 atom stereocenters. The standard InChI is InChI=1S/C17H18N4O3S/c1-3-21-8-7-12(19-21)16(22)24-11-9-20(10-11)17-18-15-13(23-2)5-4-6-14(15)25-17/h4-8,11H,3,9-10H2,1-2H3. The van der Waals surface area contributed by atoms with E-state index in [2.05, 4.69) is 15.0 Å². The quantitative estimate of drug-likeness (QED) is 0.653. The van der Waals surface area contributed by atoms with Gasteiger partial charge in [0.05, 0.1) is 24.9 Å². The van der Waals surface area contributed by atoms with Crippen molar-refractivity contribution < 1.29 is 14.3 Å². The number of para-hydroxylation sites is 1. The Morgan fingerprint density at radius 1 is 1.36 bits per heavy atom. The van der Waals surface area contributed by atoms with Crippen molar-refractivity contribution in [3.05, 3.63) is 36.2 Å². The number of carbonyl (C=O) groups excluding carboxylic acids is 1. The minimum absolute atomic E-state index is 0.131. The van der Waals surface area contributed by atoms with Crippen LogP contribution in [0.15, 0.2) is 30.5 Å². The molecule has 0 spiro atoms. The third-order valence-corrected chi connectivity index (χ3v) is 5.24. The molecule has 130 valence electrons. The number of benzene rings is 1. The fourth-order valence-corrected chi connectivity index (χ4v) is 3.74. The number of hydrogen-bond acceptors (Lipinski definition) is 7. The maximum Gasteiger partial charge on any atom is 0.359 e. The highest BCUT2D eigenvalue weighted by Gasteiger charge is 2.33. The minimum atomic E-state index is -0.372. The summed E-state index contributed by atoms with van der Waals surface area (Å²) in [4.78, 5) is 18.9. The van der Waals surface area contributed by atoms with Gasteiger partial charge in [0.25, 0.3) is 0 Å². The third-order valence-electron chi connectivity index (χ3n) is 4.16. The molecule has 3 aromatic rings. The number of carbonyl (C=O) groups is 1. The Bertz CT molecular complexity index is 914. The van der Waals surface area contributed by atoms with Gasteiger partial charge in [0.15, 0.2) is 10.8 Å². The molecule has 0 radical (unpaired) electrons. The van der Waals surface area contributed by atoms with Gasteiger partial charge in [-0.05, 0) is 25.1 Å². The van der Waals surface area contributed by atoms with Crippen LogP contribution in [0.5, 0.6) is 5.75 Å². The van der Waals surface area contributed by atoms with Crippen LogP contribution in [0.4, 0.5) is 5.13 Å². The lowest BCUT2D eigenvalue weighted by Crippen LogP contribution is -2.53. The smallest absolute Gasteiger partial charge is 0.359 e. The number of anilines is 1. The average Bonchev–Trinajstić information content (AvgIpc) is 3.23. The zero-order valence-corrected chi connectivity index (χ0v) is 14.8. The van der Waals surface area contributed by atoms with Crippen LogP contribution in [0, 0.1) is 0 Å². The predicted octanol–water partition coefficient (Wildman–Crippen LogP) is 2.57. The molecule has 0 N–H and O–H groups in total. The van der Waals surface area contributed by atoms with Crippen molar-refractivity contribution in [2.45, 2.75) is 19.6 Å². The van der Waals surface area contributed by atoms with E-state index in [1.807, 2.05) is 25.1 Å². The molecular weight excluding hydrogens is 340 g/mol. The molecule has 1 aliphatic heterocycles. The Kier molecular flexibility index (Phi) is 4.04. The molecule has 1 saturated heterocycles. The van der Waals surface area contributed by atoms with E-state index in [4.69, 9.17) is 9.47 Å². The van der Waals surface area contributed by atoms with Gasteiger partial charge in [-0.3, -0.25) is 4.68 Å². The summed E-state index contributed by atoms with van der Waals surface area (Å²) in [5, 5.41) is 5.09. The predicted molar refractivity (Wildman–Crippen MR) is 95.5 cm³/mol. The number of nitrogens with zero attached hydrogens (tertiary/aromatic N) is 4. The number of ether oxygens (including phenoxy) is 2. The highest BCUT2D eigenvalue weighted by atomic mass is 32.1. The van der Waals surface area contributed by atoms with Crippen molar-refractivity contribution in [3.63, 3.8) is 0 Å². The zero-order valence-electron chi connectivity index (χ0n) is 14.0. The molecule has 0 unspecified atom stereocenters. The van der Waals surface area contributed by atoms with Crippen LogP contribution in [-0.4, -0.2) is 47.0 Å². The molecule has 2 aromatic heterocycles. The van der Waals surface area contributed by atoms with Crippen LogP contribution in [0.2, 0.25) is 0 Å². The van der Waals surface area contributed by atoms with Crippen LogP contribution in [0.3, 0.4) is 0 Å². The first kappa shape index (κ1) is 15.9. The highest BCUT2D eigenvalue weighted by molar-refractivity contribution is 7.22. The molecular formula is C17H18N4O3S. The maximum absolute atomic E-state index is 12.1. The van der Waals surface area contributed by atoms with E-state index < -0.39 is 0 Å². The summed E-state index contributed by atoms with van der Waals surface area (Å²) < 4.78 is 13.6. The first-order valence-electron chi connectivity index (χ1n) is 8.11. The fraction of sp³-hybridized carbons (Fsp3) is 0.353. The summed E-state index contributed by atoms with van der Waals surface area (Å²) in [7, 11) is 1.65. The summed E-state index contributed by atoms with van der Waals surface area (Å²) in [6.07, 6.45) is 1.64. The van der Waals surface area contributed by atoms with E-state index in [0.29, 0.717) is 18.8 Å². The van der Waals surface area contributed by atoms with E-state index >= 15 is 0 Å². The second-order valence-corrected chi connectivity index (χ2v) is 6.80. The summed E-state index contributed by atoms with van der Waals surface area (Å²) in [6, 6.07) is 7.57. The van der Waals surface area contributed by atoms with Crippen LogP contribution < -0.4 is 9.64 Å². The van der Waals surface area contributed by atoms with E-state index in [-0.39, 0.29) is 12.1 Å². The molecule has 3 heterocycles. The molecule has 0 bridgehead atoms. The number of rotatable bonds is 5. The number of methoxy groups -OCH3 is 1. The van der Waals surface area contributed by atoms with Gasteiger partial charge in [0, 0.05) is 12.7 Å².